The third kappa shape index (κ3) is 1.16. The van der Waals surface area contributed by atoms with Gasteiger partial charge < -0.3 is 0 Å². The molecule has 2 rings (SSSR count). The molecule has 0 radical (unpaired) electrons. The molecule has 2 aromatic rings. The molecule has 0 aromatic carbocycles. The Kier molecular flexibility index (Phi) is 1.55. The van der Waals surface area contributed by atoms with Crippen LogP contribution < -0.4 is 0 Å². The van der Waals surface area contributed by atoms with Crippen molar-refractivity contribution in [2.45, 2.75) is 0 Å². The minimum absolute atomic E-state index is 0.741. The van der Waals surface area contributed by atoms with Crippen molar-refractivity contribution < 1.29 is 0 Å². The zero-order valence-corrected chi connectivity index (χ0v) is 6.55. The Labute approximate surface area is 69.1 Å². The average Bonchev–Trinajstić information content (AvgIpc) is 2.54. The lowest BCUT2D eigenvalue weighted by Crippen LogP contribution is -1.92. The molecule has 0 bridgehead atoms. The normalized spacial score (nSPS) is 10.1. The molecular weight excluding hydrogens is 154 g/mol. The van der Waals surface area contributed by atoms with Crippen molar-refractivity contribution in [3.05, 3.63) is 24.8 Å². The molecule has 0 amide bonds. The Hall–Kier alpha value is -1.78. The highest BCUT2D eigenvalue weighted by Gasteiger charge is 2.01. The van der Waals surface area contributed by atoms with Gasteiger partial charge in [-0.25, -0.2) is 0 Å². The van der Waals surface area contributed by atoms with Crippen LogP contribution in [0.2, 0.25) is 0 Å². The van der Waals surface area contributed by atoms with Gasteiger partial charge in [0.2, 0.25) is 0 Å². The molecule has 0 aliphatic heterocycles. The number of hydrogen-bond donors (Lipinski definition) is 0. The summed E-state index contributed by atoms with van der Waals surface area (Å²) in [6.45, 7) is 0. The molecule has 0 aliphatic rings. The third-order valence-corrected chi connectivity index (χ3v) is 1.43. The van der Waals surface area contributed by atoms with E-state index in [1.54, 1.807) is 31.8 Å². The first-order valence-corrected chi connectivity index (χ1v) is 3.49. The summed E-state index contributed by atoms with van der Waals surface area (Å²) in [6.07, 6.45) is 6.57. The predicted molar refractivity (Wildman–Crippen MR) is 42.0 cm³/mol. The Morgan fingerprint density at radius 2 is 2.08 bits per heavy atom. The van der Waals surface area contributed by atoms with E-state index < -0.39 is 0 Å². The van der Waals surface area contributed by atoms with Crippen LogP contribution in [0.4, 0.5) is 0 Å². The highest BCUT2D eigenvalue weighted by atomic mass is 15.4. The maximum absolute atomic E-state index is 4.08. The summed E-state index contributed by atoms with van der Waals surface area (Å²) >= 11 is 0. The fraction of sp³-hybridized carbons (Fsp3) is 0.143. The molecule has 2 aromatic heterocycles. The zero-order chi connectivity index (χ0) is 8.39. The summed E-state index contributed by atoms with van der Waals surface area (Å²) < 4.78 is 0. The Morgan fingerprint density at radius 1 is 1.17 bits per heavy atom. The largest absolute Gasteiger partial charge is 0.261 e. The van der Waals surface area contributed by atoms with E-state index in [1.165, 1.54) is 4.80 Å². The van der Waals surface area contributed by atoms with Crippen LogP contribution in [0, 0.1) is 0 Å². The van der Waals surface area contributed by atoms with Crippen LogP contribution in [-0.2, 0) is 7.05 Å². The van der Waals surface area contributed by atoms with Crippen LogP contribution in [0.5, 0.6) is 0 Å². The second-order valence-electron chi connectivity index (χ2n) is 2.31. The van der Waals surface area contributed by atoms with Gasteiger partial charge in [-0.05, 0) is 0 Å². The van der Waals surface area contributed by atoms with Crippen LogP contribution in [0.1, 0.15) is 0 Å². The number of hydrogen-bond acceptors (Lipinski definition) is 4. The second kappa shape index (κ2) is 2.69. The van der Waals surface area contributed by atoms with E-state index in [0.717, 1.165) is 11.4 Å². The van der Waals surface area contributed by atoms with Gasteiger partial charge in [0.15, 0.2) is 0 Å². The van der Waals surface area contributed by atoms with Gasteiger partial charge in [0.05, 0.1) is 12.4 Å². The number of rotatable bonds is 1. The lowest BCUT2D eigenvalue weighted by molar-refractivity contribution is 0.655. The van der Waals surface area contributed by atoms with Crippen molar-refractivity contribution in [1.29, 1.82) is 0 Å². The molecular formula is C7H7N5. The van der Waals surface area contributed by atoms with Gasteiger partial charge in [-0.2, -0.15) is 15.0 Å². The summed E-state index contributed by atoms with van der Waals surface area (Å²) in [5.41, 5.74) is 1.48. The number of nitrogens with zero attached hydrogens (tertiary/aromatic N) is 5. The SMILES string of the molecule is Cn1ncc(-c2cnccn2)n1. The van der Waals surface area contributed by atoms with Crippen molar-refractivity contribution in [2.75, 3.05) is 0 Å². The summed E-state index contributed by atoms with van der Waals surface area (Å²) in [7, 11) is 1.76. The van der Waals surface area contributed by atoms with Crippen LogP contribution in [0.25, 0.3) is 11.4 Å². The van der Waals surface area contributed by atoms with Gasteiger partial charge in [0, 0.05) is 19.4 Å². The predicted octanol–water partition coefficient (Wildman–Crippen LogP) is 0.272. The van der Waals surface area contributed by atoms with Gasteiger partial charge >= 0.3 is 0 Å². The van der Waals surface area contributed by atoms with E-state index >= 15 is 0 Å². The molecule has 0 spiro atoms. The Balaban J connectivity index is 2.45. The molecule has 12 heavy (non-hydrogen) atoms. The molecule has 0 N–H and O–H groups in total. The van der Waals surface area contributed by atoms with E-state index in [1.807, 2.05) is 0 Å². The van der Waals surface area contributed by atoms with E-state index in [9.17, 15) is 0 Å². The van der Waals surface area contributed by atoms with Gasteiger partial charge in [-0.15, -0.1) is 0 Å². The molecule has 0 unspecified atom stereocenters. The first kappa shape index (κ1) is 6.90. The van der Waals surface area contributed by atoms with Gasteiger partial charge in [0.25, 0.3) is 0 Å². The molecule has 2 heterocycles. The van der Waals surface area contributed by atoms with E-state index in [0.29, 0.717) is 0 Å². The maximum Gasteiger partial charge on any atom is 0.132 e. The topological polar surface area (TPSA) is 56.5 Å². The van der Waals surface area contributed by atoms with Gasteiger partial charge in [-0.3, -0.25) is 9.97 Å². The molecule has 5 nitrogen and oxygen atoms in total. The van der Waals surface area contributed by atoms with Crippen molar-refractivity contribution in [2.24, 2.45) is 7.05 Å². The third-order valence-electron chi connectivity index (χ3n) is 1.43. The molecule has 0 aliphatic carbocycles. The van der Waals surface area contributed by atoms with Crippen LogP contribution >= 0.6 is 0 Å². The first-order chi connectivity index (χ1) is 5.86. The summed E-state index contributed by atoms with van der Waals surface area (Å²) in [5.74, 6) is 0. The summed E-state index contributed by atoms with van der Waals surface area (Å²) in [5, 5.41) is 8.01. The fourth-order valence-electron chi connectivity index (χ4n) is 0.895. The van der Waals surface area contributed by atoms with E-state index in [-0.39, 0.29) is 0 Å². The standard InChI is InChI=1S/C7H7N5/c1-12-10-5-7(11-12)6-4-8-2-3-9-6/h2-5H,1H3. The monoisotopic (exact) mass is 161 g/mol. The highest BCUT2D eigenvalue weighted by Crippen LogP contribution is 2.08. The Morgan fingerprint density at radius 3 is 2.67 bits per heavy atom. The minimum atomic E-state index is 0.741. The smallest absolute Gasteiger partial charge is 0.132 e. The van der Waals surface area contributed by atoms with E-state index in [4.69, 9.17) is 0 Å². The van der Waals surface area contributed by atoms with Gasteiger partial charge in [0.1, 0.15) is 11.4 Å². The quantitative estimate of drug-likeness (QED) is 0.602. The van der Waals surface area contributed by atoms with Gasteiger partial charge in [-0.1, -0.05) is 0 Å². The van der Waals surface area contributed by atoms with Crippen molar-refractivity contribution >= 4 is 0 Å². The molecule has 0 saturated carbocycles. The summed E-state index contributed by atoms with van der Waals surface area (Å²) in [4.78, 5) is 9.50. The molecule has 0 fully saturated rings. The van der Waals surface area contributed by atoms with E-state index in [2.05, 4.69) is 20.2 Å². The second-order valence-corrected chi connectivity index (χ2v) is 2.31. The van der Waals surface area contributed by atoms with Crippen molar-refractivity contribution in [3.63, 3.8) is 0 Å². The minimum Gasteiger partial charge on any atom is -0.261 e. The number of aryl methyl sites for hydroxylation is 1. The zero-order valence-electron chi connectivity index (χ0n) is 6.55. The van der Waals surface area contributed by atoms with Crippen molar-refractivity contribution in [1.82, 2.24) is 25.0 Å². The molecule has 0 saturated heterocycles. The lowest BCUT2D eigenvalue weighted by Gasteiger charge is -1.90. The first-order valence-electron chi connectivity index (χ1n) is 3.49. The maximum atomic E-state index is 4.08. The van der Waals surface area contributed by atoms with Crippen LogP contribution in [0.15, 0.2) is 24.8 Å². The Bertz CT molecular complexity index is 366. The van der Waals surface area contributed by atoms with Crippen LogP contribution in [0.3, 0.4) is 0 Å². The van der Waals surface area contributed by atoms with Crippen molar-refractivity contribution in [3.8, 4) is 11.4 Å². The lowest BCUT2D eigenvalue weighted by atomic mass is 10.3. The summed E-state index contributed by atoms with van der Waals surface area (Å²) in [6, 6.07) is 0. The molecule has 0 atom stereocenters. The molecule has 60 valence electrons. The molecule has 5 heteroatoms. The van der Waals surface area contributed by atoms with Crippen LogP contribution in [-0.4, -0.2) is 25.0 Å². The highest BCUT2D eigenvalue weighted by molar-refractivity contribution is 5.49. The fourth-order valence-corrected chi connectivity index (χ4v) is 0.895. The number of aromatic nitrogens is 5. The average molecular weight is 161 g/mol.